The van der Waals surface area contributed by atoms with Crippen molar-refractivity contribution >= 4 is 40.6 Å². The highest BCUT2D eigenvalue weighted by Gasteiger charge is 2.18. The number of halogens is 1. The molecule has 1 N–H and O–H groups in total. The predicted octanol–water partition coefficient (Wildman–Crippen LogP) is 5.08. The Hall–Kier alpha value is -2.68. The molecule has 0 saturated carbocycles. The summed E-state index contributed by atoms with van der Waals surface area (Å²) < 4.78 is 5.65. The molecule has 1 amide bonds. The third-order valence-corrected chi connectivity index (χ3v) is 6.31. The molecule has 4 aromatic rings. The van der Waals surface area contributed by atoms with Crippen LogP contribution in [0.3, 0.4) is 0 Å². The molecule has 0 spiro atoms. The van der Waals surface area contributed by atoms with Crippen LogP contribution in [-0.4, -0.2) is 26.8 Å². The Balaban J connectivity index is 1.38. The first-order chi connectivity index (χ1) is 15.1. The molecule has 2 heterocycles. The minimum atomic E-state index is -0.280. The average Bonchev–Trinajstić information content (AvgIpc) is 3.40. The summed E-state index contributed by atoms with van der Waals surface area (Å²) in [5, 5.41) is 15.1. The Kier molecular flexibility index (Phi) is 7.01. The number of thioether (sulfide) groups is 1. The molecule has 4 rings (SSSR count). The second kappa shape index (κ2) is 10.1. The summed E-state index contributed by atoms with van der Waals surface area (Å²) in [6.45, 7) is 1.95. The van der Waals surface area contributed by atoms with Crippen LogP contribution in [0.5, 0.6) is 0 Å². The van der Waals surface area contributed by atoms with E-state index in [0.29, 0.717) is 22.6 Å². The molecule has 2 aromatic carbocycles. The fourth-order valence-electron chi connectivity index (χ4n) is 3.00. The van der Waals surface area contributed by atoms with Gasteiger partial charge >= 0.3 is 0 Å². The van der Waals surface area contributed by atoms with Gasteiger partial charge in [-0.2, -0.15) is 0 Å². The summed E-state index contributed by atoms with van der Waals surface area (Å²) in [4.78, 5) is 17.1. The van der Waals surface area contributed by atoms with Crippen molar-refractivity contribution in [2.24, 2.45) is 0 Å². The molecule has 0 fully saturated rings. The number of rotatable bonds is 8. The Morgan fingerprint density at radius 2 is 1.87 bits per heavy atom. The highest BCUT2D eigenvalue weighted by atomic mass is 35.5. The maximum Gasteiger partial charge on any atom is 0.277 e. The van der Waals surface area contributed by atoms with Crippen molar-refractivity contribution in [2.75, 3.05) is 5.75 Å². The van der Waals surface area contributed by atoms with Gasteiger partial charge in [0.2, 0.25) is 11.8 Å². The van der Waals surface area contributed by atoms with Crippen LogP contribution in [0, 0.1) is 6.92 Å². The van der Waals surface area contributed by atoms with E-state index in [9.17, 15) is 4.79 Å². The van der Waals surface area contributed by atoms with Crippen LogP contribution < -0.4 is 5.32 Å². The van der Waals surface area contributed by atoms with Crippen LogP contribution in [0.15, 0.2) is 69.6 Å². The fourth-order valence-corrected chi connectivity index (χ4v) is 4.33. The minimum absolute atomic E-state index is 0.135. The summed E-state index contributed by atoms with van der Waals surface area (Å²) in [7, 11) is 0. The van der Waals surface area contributed by atoms with E-state index in [1.807, 2.05) is 66.9 Å². The summed E-state index contributed by atoms with van der Waals surface area (Å²) >= 11 is 8.81. The molecule has 9 heteroatoms. The van der Waals surface area contributed by atoms with Crippen molar-refractivity contribution < 1.29 is 9.21 Å². The largest absolute Gasteiger partial charge is 0.416 e. The highest BCUT2D eigenvalue weighted by molar-refractivity contribution is 7.99. The van der Waals surface area contributed by atoms with Gasteiger partial charge in [-0.15, -0.1) is 21.5 Å². The van der Waals surface area contributed by atoms with Crippen LogP contribution in [0.4, 0.5) is 0 Å². The molecular weight excluding hydrogens is 452 g/mol. The molecule has 0 saturated heterocycles. The van der Waals surface area contributed by atoms with E-state index in [2.05, 4.69) is 20.5 Å². The van der Waals surface area contributed by atoms with Crippen LogP contribution in [0.2, 0.25) is 5.02 Å². The van der Waals surface area contributed by atoms with Gasteiger partial charge in [-0.25, -0.2) is 4.98 Å². The maximum absolute atomic E-state index is 12.7. The molecule has 0 aliphatic heterocycles. The van der Waals surface area contributed by atoms with Crippen molar-refractivity contribution in [2.45, 2.75) is 24.6 Å². The predicted molar refractivity (Wildman–Crippen MR) is 123 cm³/mol. The number of hydrogen-bond donors (Lipinski definition) is 1. The van der Waals surface area contributed by atoms with Gasteiger partial charge in [-0.3, -0.25) is 4.79 Å². The van der Waals surface area contributed by atoms with E-state index in [-0.39, 0.29) is 17.7 Å². The lowest BCUT2D eigenvalue weighted by molar-refractivity contribution is -0.119. The van der Waals surface area contributed by atoms with Gasteiger partial charge in [0.05, 0.1) is 28.9 Å². The second-order valence-corrected chi connectivity index (χ2v) is 9.17. The van der Waals surface area contributed by atoms with Crippen LogP contribution in [0.1, 0.15) is 33.8 Å². The quantitative estimate of drug-likeness (QED) is 0.362. The molecule has 0 aliphatic carbocycles. The first-order valence-corrected chi connectivity index (χ1v) is 11.8. The van der Waals surface area contributed by atoms with E-state index in [0.717, 1.165) is 21.8 Å². The first-order valence-electron chi connectivity index (χ1n) is 9.53. The summed E-state index contributed by atoms with van der Waals surface area (Å²) in [5.41, 5.74) is 2.84. The van der Waals surface area contributed by atoms with Gasteiger partial charge in [-0.05, 0) is 30.2 Å². The number of thiazole rings is 1. The Morgan fingerprint density at radius 3 is 2.58 bits per heavy atom. The number of amides is 1. The van der Waals surface area contributed by atoms with E-state index >= 15 is 0 Å². The third kappa shape index (κ3) is 5.94. The minimum Gasteiger partial charge on any atom is -0.416 e. The van der Waals surface area contributed by atoms with Crippen LogP contribution in [0.25, 0.3) is 0 Å². The Labute approximate surface area is 193 Å². The molecule has 0 radical (unpaired) electrons. The number of nitrogens with zero attached hydrogens (tertiary/aromatic N) is 3. The van der Waals surface area contributed by atoms with Crippen LogP contribution >= 0.6 is 34.7 Å². The Morgan fingerprint density at radius 1 is 1.13 bits per heavy atom. The number of benzene rings is 2. The number of carbonyl (C=O) groups is 1. The van der Waals surface area contributed by atoms with E-state index in [1.54, 1.807) is 11.3 Å². The smallest absolute Gasteiger partial charge is 0.277 e. The zero-order valence-corrected chi connectivity index (χ0v) is 19.0. The zero-order valence-electron chi connectivity index (χ0n) is 16.6. The molecule has 31 heavy (non-hydrogen) atoms. The molecule has 0 bridgehead atoms. The third-order valence-electron chi connectivity index (χ3n) is 4.42. The monoisotopic (exact) mass is 470 g/mol. The molecule has 0 aliphatic rings. The molecule has 6 nitrogen and oxygen atoms in total. The van der Waals surface area contributed by atoms with Crippen molar-refractivity contribution in [3.05, 3.63) is 92.7 Å². The molecule has 158 valence electrons. The van der Waals surface area contributed by atoms with Crippen molar-refractivity contribution in [3.8, 4) is 0 Å². The lowest BCUT2D eigenvalue weighted by atomic mass is 9.99. The van der Waals surface area contributed by atoms with Crippen molar-refractivity contribution in [1.29, 1.82) is 0 Å². The fraction of sp³-hybridized carbons (Fsp3) is 0.182. The molecular formula is C22H19ClN4O2S2. The molecule has 1 atom stereocenters. The van der Waals surface area contributed by atoms with Gasteiger partial charge in [0, 0.05) is 10.4 Å². The topological polar surface area (TPSA) is 80.9 Å². The number of aryl methyl sites for hydroxylation is 1. The normalized spacial score (nSPS) is 11.9. The molecule has 2 aromatic heterocycles. The van der Waals surface area contributed by atoms with Gasteiger partial charge in [0.25, 0.3) is 5.22 Å². The van der Waals surface area contributed by atoms with E-state index < -0.39 is 0 Å². The van der Waals surface area contributed by atoms with Gasteiger partial charge in [0.15, 0.2) is 0 Å². The van der Waals surface area contributed by atoms with Crippen molar-refractivity contribution in [3.63, 3.8) is 0 Å². The summed E-state index contributed by atoms with van der Waals surface area (Å²) in [5.74, 6) is 0.508. The zero-order chi connectivity index (χ0) is 21.6. The molecule has 0 unspecified atom stereocenters. The summed E-state index contributed by atoms with van der Waals surface area (Å²) in [6, 6.07) is 17.0. The lowest BCUT2D eigenvalue weighted by Crippen LogP contribution is -2.30. The van der Waals surface area contributed by atoms with Gasteiger partial charge in [-0.1, -0.05) is 65.8 Å². The standard InChI is InChI=1S/C22H19ClN4O2S2/c1-14-24-18(12-30-14)11-20-26-27-22(29-20)31-13-19(28)25-21(15-5-3-2-4-6-15)16-7-9-17(23)10-8-16/h2-10,12,21H,11,13H2,1H3,(H,25,28)/t21-/m1/s1. The van der Waals surface area contributed by atoms with Gasteiger partial charge < -0.3 is 9.73 Å². The lowest BCUT2D eigenvalue weighted by Gasteiger charge is -2.19. The van der Waals surface area contributed by atoms with Gasteiger partial charge in [0.1, 0.15) is 0 Å². The number of hydrogen-bond acceptors (Lipinski definition) is 7. The highest BCUT2D eigenvalue weighted by Crippen LogP contribution is 2.24. The van der Waals surface area contributed by atoms with Crippen LogP contribution in [-0.2, 0) is 11.2 Å². The van der Waals surface area contributed by atoms with Crippen molar-refractivity contribution in [1.82, 2.24) is 20.5 Å². The number of aromatic nitrogens is 3. The Bertz CT molecular complexity index is 1150. The average molecular weight is 471 g/mol. The first kappa shape index (κ1) is 21.5. The summed E-state index contributed by atoms with van der Waals surface area (Å²) in [6.07, 6.45) is 0.483. The number of carbonyl (C=O) groups excluding carboxylic acids is 1. The van der Waals surface area contributed by atoms with E-state index in [1.165, 1.54) is 11.8 Å². The number of nitrogens with one attached hydrogen (secondary N) is 1. The second-order valence-electron chi connectivity index (χ2n) is 6.75. The van der Waals surface area contributed by atoms with E-state index in [4.69, 9.17) is 16.0 Å². The SMILES string of the molecule is Cc1nc(Cc2nnc(SCC(=O)N[C@H](c3ccccc3)c3ccc(Cl)cc3)o2)cs1. The maximum atomic E-state index is 12.7.